The summed E-state index contributed by atoms with van der Waals surface area (Å²) in [7, 11) is 0. The Morgan fingerprint density at radius 1 is 1.35 bits per heavy atom. The Bertz CT molecular complexity index is 533. The van der Waals surface area contributed by atoms with Gasteiger partial charge in [0.05, 0.1) is 18.0 Å². The molecule has 0 aliphatic carbocycles. The molecule has 0 aromatic heterocycles. The third-order valence-corrected chi connectivity index (χ3v) is 3.33. The number of aliphatic imine (C=N–C) groups is 1. The number of anilines is 2. The lowest BCUT2D eigenvalue weighted by molar-refractivity contribution is -0.141. The number of hydrogen-bond acceptors (Lipinski definition) is 5. The molecule has 0 saturated carbocycles. The Morgan fingerprint density at radius 2 is 2.10 bits per heavy atom. The van der Waals surface area contributed by atoms with E-state index < -0.39 is 0 Å². The Balaban J connectivity index is 0.00000147. The first-order valence-electron chi connectivity index (χ1n) is 6.65. The molecule has 6 heteroatoms. The largest absolute Gasteiger partial charge is 0.465 e. The fraction of sp³-hybridized carbons (Fsp3) is 0.429. The molecule has 2 aliphatic rings. The SMILES string of the molecule is Br.CCOC(=O)CN1C2=NCCCN2c2ccccc21. The van der Waals surface area contributed by atoms with Gasteiger partial charge in [-0.1, -0.05) is 12.1 Å². The number of fused-ring (bicyclic) bond motifs is 3. The highest BCUT2D eigenvalue weighted by Gasteiger charge is 2.34. The molecule has 0 N–H and O–H groups in total. The van der Waals surface area contributed by atoms with Crippen molar-refractivity contribution in [2.75, 3.05) is 36.0 Å². The Kier molecular flexibility index (Phi) is 4.65. The molecule has 0 fully saturated rings. The molecule has 0 radical (unpaired) electrons. The van der Waals surface area contributed by atoms with Crippen LogP contribution in [0.25, 0.3) is 0 Å². The van der Waals surface area contributed by atoms with Crippen molar-refractivity contribution >= 4 is 40.3 Å². The van der Waals surface area contributed by atoms with Gasteiger partial charge in [0.1, 0.15) is 6.54 Å². The smallest absolute Gasteiger partial charge is 0.326 e. The third kappa shape index (κ3) is 2.52. The standard InChI is InChI=1S/C14H17N3O2.BrH/c1-2-19-13(18)10-17-12-7-4-3-6-11(12)16-9-5-8-15-14(16)17;/h3-4,6-7H,2,5,8-10H2,1H3;1H. The van der Waals surface area contributed by atoms with Gasteiger partial charge >= 0.3 is 5.97 Å². The van der Waals surface area contributed by atoms with Crippen molar-refractivity contribution in [1.29, 1.82) is 0 Å². The molecular formula is C14H18BrN3O2. The van der Waals surface area contributed by atoms with Crippen LogP contribution in [0, 0.1) is 0 Å². The van der Waals surface area contributed by atoms with Crippen LogP contribution >= 0.6 is 17.0 Å². The van der Waals surface area contributed by atoms with E-state index in [0.717, 1.165) is 36.8 Å². The zero-order valence-electron chi connectivity index (χ0n) is 11.4. The predicted octanol–water partition coefficient (Wildman–Crippen LogP) is 2.21. The molecular weight excluding hydrogens is 322 g/mol. The molecule has 5 nitrogen and oxygen atoms in total. The second-order valence-corrected chi connectivity index (χ2v) is 4.57. The first-order valence-corrected chi connectivity index (χ1v) is 6.65. The molecule has 20 heavy (non-hydrogen) atoms. The van der Waals surface area contributed by atoms with Crippen LogP contribution in [0.5, 0.6) is 0 Å². The van der Waals surface area contributed by atoms with Gasteiger partial charge in [0.15, 0.2) is 0 Å². The van der Waals surface area contributed by atoms with Gasteiger partial charge < -0.3 is 9.64 Å². The summed E-state index contributed by atoms with van der Waals surface area (Å²) in [6, 6.07) is 8.09. The number of guanidine groups is 1. The highest BCUT2D eigenvalue weighted by atomic mass is 79.9. The molecule has 2 aliphatic heterocycles. The lowest BCUT2D eigenvalue weighted by Crippen LogP contribution is -2.44. The highest BCUT2D eigenvalue weighted by molar-refractivity contribution is 8.93. The minimum atomic E-state index is -0.215. The number of benzene rings is 1. The summed E-state index contributed by atoms with van der Waals surface area (Å²) in [6.07, 6.45) is 1.05. The van der Waals surface area contributed by atoms with E-state index in [1.165, 1.54) is 0 Å². The lowest BCUT2D eigenvalue weighted by Gasteiger charge is -2.26. The van der Waals surface area contributed by atoms with Gasteiger partial charge in [0, 0.05) is 13.1 Å². The van der Waals surface area contributed by atoms with Crippen molar-refractivity contribution in [3.8, 4) is 0 Å². The van der Waals surface area contributed by atoms with E-state index in [-0.39, 0.29) is 29.5 Å². The molecule has 1 aromatic carbocycles. The number of halogens is 1. The summed E-state index contributed by atoms with van der Waals surface area (Å²) < 4.78 is 5.04. The summed E-state index contributed by atoms with van der Waals surface area (Å²) in [5, 5.41) is 0. The first kappa shape index (κ1) is 14.8. The van der Waals surface area contributed by atoms with Gasteiger partial charge in [-0.3, -0.25) is 14.7 Å². The number of carbonyl (C=O) groups is 1. The third-order valence-electron chi connectivity index (χ3n) is 3.33. The van der Waals surface area contributed by atoms with Crippen molar-refractivity contribution in [3.63, 3.8) is 0 Å². The average Bonchev–Trinajstić information content (AvgIpc) is 2.75. The topological polar surface area (TPSA) is 45.1 Å². The van der Waals surface area contributed by atoms with Crippen LogP contribution in [0.4, 0.5) is 11.4 Å². The predicted molar refractivity (Wildman–Crippen MR) is 85.0 cm³/mol. The highest BCUT2D eigenvalue weighted by Crippen LogP contribution is 2.37. The Hall–Kier alpha value is -1.56. The molecule has 0 atom stereocenters. The quantitative estimate of drug-likeness (QED) is 0.792. The maximum absolute atomic E-state index is 11.7. The Morgan fingerprint density at radius 3 is 2.85 bits per heavy atom. The molecule has 0 bridgehead atoms. The molecule has 0 saturated heterocycles. The van der Waals surface area contributed by atoms with Crippen LogP contribution in [0.15, 0.2) is 29.3 Å². The van der Waals surface area contributed by atoms with Gasteiger partial charge in [-0.25, -0.2) is 0 Å². The van der Waals surface area contributed by atoms with Gasteiger partial charge in [0.2, 0.25) is 5.96 Å². The summed E-state index contributed by atoms with van der Waals surface area (Å²) >= 11 is 0. The maximum Gasteiger partial charge on any atom is 0.326 e. The van der Waals surface area contributed by atoms with Crippen molar-refractivity contribution in [1.82, 2.24) is 0 Å². The van der Waals surface area contributed by atoms with E-state index >= 15 is 0 Å². The minimum absolute atomic E-state index is 0. The number of hydrogen-bond donors (Lipinski definition) is 0. The van der Waals surface area contributed by atoms with E-state index in [4.69, 9.17) is 4.74 Å². The fourth-order valence-electron chi connectivity index (χ4n) is 2.57. The van der Waals surface area contributed by atoms with Gasteiger partial charge in [-0.2, -0.15) is 0 Å². The minimum Gasteiger partial charge on any atom is -0.465 e. The molecule has 3 rings (SSSR count). The number of ether oxygens (including phenoxy) is 1. The second-order valence-electron chi connectivity index (χ2n) is 4.57. The van der Waals surface area contributed by atoms with E-state index in [0.29, 0.717) is 6.61 Å². The normalized spacial score (nSPS) is 15.9. The molecule has 0 amide bonds. The molecule has 1 aromatic rings. The summed E-state index contributed by atoms with van der Waals surface area (Å²) in [5.74, 6) is 0.660. The number of carbonyl (C=O) groups excluding carboxylic acids is 1. The van der Waals surface area contributed by atoms with Crippen LogP contribution in [-0.4, -0.2) is 38.2 Å². The lowest BCUT2D eigenvalue weighted by atomic mass is 10.2. The van der Waals surface area contributed by atoms with E-state index in [2.05, 4.69) is 16.0 Å². The maximum atomic E-state index is 11.7. The van der Waals surface area contributed by atoms with Crippen molar-refractivity contribution < 1.29 is 9.53 Å². The van der Waals surface area contributed by atoms with E-state index in [9.17, 15) is 4.79 Å². The van der Waals surface area contributed by atoms with Crippen LogP contribution < -0.4 is 9.80 Å². The number of para-hydroxylation sites is 2. The van der Waals surface area contributed by atoms with Gasteiger partial charge in [0.25, 0.3) is 0 Å². The number of rotatable bonds is 3. The summed E-state index contributed by atoms with van der Waals surface area (Å²) in [5.41, 5.74) is 2.17. The molecule has 0 spiro atoms. The zero-order chi connectivity index (χ0) is 13.2. The van der Waals surface area contributed by atoms with Crippen LogP contribution in [0.3, 0.4) is 0 Å². The van der Waals surface area contributed by atoms with Crippen LogP contribution in [-0.2, 0) is 9.53 Å². The second kappa shape index (κ2) is 6.26. The van der Waals surface area contributed by atoms with Crippen molar-refractivity contribution in [2.24, 2.45) is 4.99 Å². The summed E-state index contributed by atoms with van der Waals surface area (Å²) in [6.45, 7) is 4.22. The Labute approximate surface area is 129 Å². The van der Waals surface area contributed by atoms with Gasteiger partial charge in [-0.05, 0) is 25.5 Å². The number of nitrogens with zero attached hydrogens (tertiary/aromatic N) is 3. The van der Waals surface area contributed by atoms with Crippen molar-refractivity contribution in [2.45, 2.75) is 13.3 Å². The molecule has 108 valence electrons. The monoisotopic (exact) mass is 339 g/mol. The van der Waals surface area contributed by atoms with Crippen molar-refractivity contribution in [3.05, 3.63) is 24.3 Å². The van der Waals surface area contributed by atoms with Crippen LogP contribution in [0.2, 0.25) is 0 Å². The summed E-state index contributed by atoms with van der Waals surface area (Å²) in [4.78, 5) is 20.4. The number of esters is 1. The van der Waals surface area contributed by atoms with E-state index in [1.54, 1.807) is 0 Å². The fourth-order valence-corrected chi connectivity index (χ4v) is 2.57. The molecule has 0 unspecified atom stereocenters. The first-order chi connectivity index (χ1) is 9.31. The zero-order valence-corrected chi connectivity index (χ0v) is 13.1. The van der Waals surface area contributed by atoms with E-state index in [1.807, 2.05) is 30.0 Å². The average molecular weight is 340 g/mol. The molecule has 2 heterocycles. The van der Waals surface area contributed by atoms with Gasteiger partial charge in [-0.15, -0.1) is 17.0 Å². The van der Waals surface area contributed by atoms with Crippen LogP contribution in [0.1, 0.15) is 13.3 Å².